The van der Waals surface area contributed by atoms with Gasteiger partial charge in [-0.2, -0.15) is 5.10 Å². The van der Waals surface area contributed by atoms with Gasteiger partial charge in [-0.3, -0.25) is 4.57 Å². The third-order valence-electron chi connectivity index (χ3n) is 4.47. The van der Waals surface area contributed by atoms with E-state index in [1.54, 1.807) is 16.7 Å². The summed E-state index contributed by atoms with van der Waals surface area (Å²) >= 11 is 6.04. The molecule has 0 radical (unpaired) electrons. The van der Waals surface area contributed by atoms with Gasteiger partial charge in [-0.05, 0) is 54.7 Å². The fourth-order valence-electron chi connectivity index (χ4n) is 3.14. The Balaban J connectivity index is 1.73. The number of aromatic hydroxyl groups is 1. The number of aryl methyl sites for hydroxylation is 2. The van der Waals surface area contributed by atoms with Crippen LogP contribution in [0.15, 0.2) is 53.3 Å². The van der Waals surface area contributed by atoms with E-state index in [1.807, 2.05) is 36.4 Å². The first-order chi connectivity index (χ1) is 13.1. The van der Waals surface area contributed by atoms with E-state index in [-0.39, 0.29) is 11.4 Å². The third kappa shape index (κ3) is 5.01. The quantitative estimate of drug-likeness (QED) is 0.636. The number of rotatable bonds is 8. The topological polar surface area (TPSA) is 60.0 Å². The largest absolute Gasteiger partial charge is 0.508 e. The predicted octanol–water partition coefficient (Wildman–Crippen LogP) is 4.04. The maximum absolute atomic E-state index is 12.7. The van der Waals surface area contributed by atoms with Crippen LogP contribution >= 0.6 is 11.6 Å². The van der Waals surface area contributed by atoms with Crippen molar-refractivity contribution in [3.8, 4) is 5.75 Å². The minimum absolute atomic E-state index is 0.0727. The molecule has 3 aromatic rings. The maximum atomic E-state index is 12.7. The van der Waals surface area contributed by atoms with Crippen molar-refractivity contribution in [2.45, 2.75) is 45.7 Å². The average molecular weight is 386 g/mol. The minimum atomic E-state index is -0.0727. The highest BCUT2D eigenvalue weighted by atomic mass is 35.5. The zero-order chi connectivity index (χ0) is 19.2. The van der Waals surface area contributed by atoms with Gasteiger partial charge < -0.3 is 5.11 Å². The van der Waals surface area contributed by atoms with Gasteiger partial charge in [0.2, 0.25) is 0 Å². The molecule has 6 heteroatoms. The molecule has 2 aromatic carbocycles. The second kappa shape index (κ2) is 8.91. The van der Waals surface area contributed by atoms with Gasteiger partial charge >= 0.3 is 5.69 Å². The van der Waals surface area contributed by atoms with Crippen molar-refractivity contribution in [3.05, 3.63) is 81.0 Å². The number of hydrogen-bond donors (Lipinski definition) is 1. The van der Waals surface area contributed by atoms with E-state index < -0.39 is 0 Å². The van der Waals surface area contributed by atoms with E-state index in [2.05, 4.69) is 12.0 Å². The second-order valence-electron chi connectivity index (χ2n) is 6.66. The number of nitrogens with zero attached hydrogens (tertiary/aromatic N) is 3. The highest BCUT2D eigenvalue weighted by Gasteiger charge is 2.13. The molecule has 0 saturated heterocycles. The molecule has 0 unspecified atom stereocenters. The first-order valence-electron chi connectivity index (χ1n) is 9.25. The number of phenols is 1. The molecule has 0 aliphatic carbocycles. The van der Waals surface area contributed by atoms with E-state index in [1.165, 1.54) is 4.68 Å². The minimum Gasteiger partial charge on any atom is -0.508 e. The van der Waals surface area contributed by atoms with Gasteiger partial charge in [-0.25, -0.2) is 9.48 Å². The van der Waals surface area contributed by atoms with Crippen molar-refractivity contribution in [3.63, 3.8) is 0 Å². The molecular formula is C21H24ClN3O2. The van der Waals surface area contributed by atoms with Crippen molar-refractivity contribution in [2.75, 3.05) is 0 Å². The lowest BCUT2D eigenvalue weighted by atomic mass is 10.1. The Morgan fingerprint density at radius 3 is 2.56 bits per heavy atom. The first kappa shape index (κ1) is 19.2. The van der Waals surface area contributed by atoms with Crippen LogP contribution in [0.3, 0.4) is 0 Å². The summed E-state index contributed by atoms with van der Waals surface area (Å²) in [5.41, 5.74) is 2.05. The molecule has 0 atom stereocenters. The van der Waals surface area contributed by atoms with Crippen LogP contribution in [0.25, 0.3) is 0 Å². The Morgan fingerprint density at radius 1 is 1.07 bits per heavy atom. The molecule has 0 bridgehead atoms. The van der Waals surface area contributed by atoms with Gasteiger partial charge in [0.05, 0.1) is 6.54 Å². The lowest BCUT2D eigenvalue weighted by Gasteiger charge is -2.04. The van der Waals surface area contributed by atoms with E-state index in [0.717, 1.165) is 42.6 Å². The number of hydrogen-bond acceptors (Lipinski definition) is 3. The van der Waals surface area contributed by atoms with E-state index in [0.29, 0.717) is 18.1 Å². The third-order valence-corrected chi connectivity index (χ3v) is 4.71. The van der Waals surface area contributed by atoms with Crippen LogP contribution in [0, 0.1) is 0 Å². The molecule has 5 nitrogen and oxygen atoms in total. The summed E-state index contributed by atoms with van der Waals surface area (Å²) in [4.78, 5) is 12.7. The number of benzene rings is 2. The SMILES string of the molecule is CCCn1c(CCCc2ccc(O)cc2)nn(Cc2cccc(Cl)c2)c1=O. The number of aromatic nitrogens is 3. The molecule has 27 heavy (non-hydrogen) atoms. The Bertz CT molecular complexity index is 945. The number of halogens is 1. The van der Waals surface area contributed by atoms with Gasteiger partial charge in [-0.1, -0.05) is 42.8 Å². The smallest absolute Gasteiger partial charge is 0.346 e. The second-order valence-corrected chi connectivity index (χ2v) is 7.09. The summed E-state index contributed by atoms with van der Waals surface area (Å²) in [5.74, 6) is 1.10. The summed E-state index contributed by atoms with van der Waals surface area (Å²) in [6.45, 7) is 3.14. The van der Waals surface area contributed by atoms with Crippen LogP contribution < -0.4 is 5.69 Å². The van der Waals surface area contributed by atoms with Crippen LogP contribution in [0.5, 0.6) is 5.75 Å². The molecule has 3 rings (SSSR count). The van der Waals surface area contributed by atoms with Crippen molar-refractivity contribution < 1.29 is 5.11 Å². The highest BCUT2D eigenvalue weighted by molar-refractivity contribution is 6.30. The number of phenolic OH excluding ortho intramolecular Hbond substituents is 1. The summed E-state index contributed by atoms with van der Waals surface area (Å²) in [6, 6.07) is 14.7. The molecule has 1 N–H and O–H groups in total. The first-order valence-corrected chi connectivity index (χ1v) is 9.63. The summed E-state index contributed by atoms with van der Waals surface area (Å²) in [6.07, 6.45) is 3.39. The summed E-state index contributed by atoms with van der Waals surface area (Å²) in [5, 5.41) is 14.6. The molecule has 1 heterocycles. The van der Waals surface area contributed by atoms with Crippen molar-refractivity contribution in [2.24, 2.45) is 0 Å². The standard InChI is InChI=1S/C21H24ClN3O2/c1-2-13-24-20(8-4-5-16-9-11-19(26)12-10-16)23-25(21(24)27)15-17-6-3-7-18(22)14-17/h3,6-7,9-12,14,26H,2,4-5,8,13,15H2,1H3. The fourth-order valence-corrected chi connectivity index (χ4v) is 3.36. The van der Waals surface area contributed by atoms with E-state index in [4.69, 9.17) is 11.6 Å². The highest BCUT2D eigenvalue weighted by Crippen LogP contribution is 2.13. The zero-order valence-corrected chi connectivity index (χ0v) is 16.2. The molecule has 0 saturated carbocycles. The Hall–Kier alpha value is -2.53. The van der Waals surface area contributed by atoms with Crippen molar-refractivity contribution in [1.29, 1.82) is 0 Å². The Kier molecular flexibility index (Phi) is 6.35. The molecule has 0 spiro atoms. The Labute approximate surface area is 163 Å². The van der Waals surface area contributed by atoms with Crippen LogP contribution in [-0.4, -0.2) is 19.5 Å². The average Bonchev–Trinajstić information content (AvgIpc) is 2.93. The van der Waals surface area contributed by atoms with Crippen LogP contribution in [0.2, 0.25) is 5.02 Å². The van der Waals surface area contributed by atoms with Gasteiger partial charge in [0.1, 0.15) is 11.6 Å². The van der Waals surface area contributed by atoms with Gasteiger partial charge in [0, 0.05) is 18.0 Å². The predicted molar refractivity (Wildman–Crippen MR) is 107 cm³/mol. The molecule has 0 amide bonds. The normalized spacial score (nSPS) is 11.0. The molecule has 0 aliphatic rings. The van der Waals surface area contributed by atoms with Crippen LogP contribution in [0.1, 0.15) is 36.7 Å². The molecule has 1 aromatic heterocycles. The molecule has 142 valence electrons. The summed E-state index contributed by atoms with van der Waals surface area (Å²) < 4.78 is 3.30. The van der Waals surface area contributed by atoms with Gasteiger partial charge in [0.15, 0.2) is 0 Å². The van der Waals surface area contributed by atoms with Gasteiger partial charge in [-0.15, -0.1) is 0 Å². The monoisotopic (exact) mass is 385 g/mol. The van der Waals surface area contributed by atoms with Crippen molar-refractivity contribution in [1.82, 2.24) is 14.3 Å². The molecular weight excluding hydrogens is 362 g/mol. The molecule has 0 aliphatic heterocycles. The maximum Gasteiger partial charge on any atom is 0.346 e. The van der Waals surface area contributed by atoms with Gasteiger partial charge in [0.25, 0.3) is 0 Å². The lowest BCUT2D eigenvalue weighted by Crippen LogP contribution is -2.26. The zero-order valence-electron chi connectivity index (χ0n) is 15.4. The summed E-state index contributed by atoms with van der Waals surface area (Å²) in [7, 11) is 0. The van der Waals surface area contributed by atoms with Crippen molar-refractivity contribution >= 4 is 11.6 Å². The lowest BCUT2D eigenvalue weighted by molar-refractivity contribution is 0.475. The fraction of sp³-hybridized carbons (Fsp3) is 0.333. The van der Waals surface area contributed by atoms with Crippen LogP contribution in [0.4, 0.5) is 0 Å². The van der Waals surface area contributed by atoms with Crippen LogP contribution in [-0.2, 0) is 25.9 Å². The van der Waals surface area contributed by atoms with E-state index in [9.17, 15) is 9.90 Å². The van der Waals surface area contributed by atoms with E-state index >= 15 is 0 Å². The molecule has 0 fully saturated rings. The Morgan fingerprint density at radius 2 is 1.85 bits per heavy atom.